The number of fused-ring (bicyclic) bond motifs is 1. The molecule has 0 bridgehead atoms. The van der Waals surface area contributed by atoms with E-state index in [0.29, 0.717) is 18.8 Å². The van der Waals surface area contributed by atoms with Crippen LogP contribution < -0.4 is 10.6 Å². The molecule has 0 fully saturated rings. The fourth-order valence-electron chi connectivity index (χ4n) is 2.21. The molecule has 5 nitrogen and oxygen atoms in total. The van der Waals surface area contributed by atoms with E-state index in [9.17, 15) is 4.79 Å². The Morgan fingerprint density at radius 3 is 2.86 bits per heavy atom. The molecule has 3 aromatic rings. The summed E-state index contributed by atoms with van der Waals surface area (Å²) in [7, 11) is 1.92. The highest BCUT2D eigenvalue weighted by Crippen LogP contribution is 2.23. The second kappa shape index (κ2) is 5.97. The summed E-state index contributed by atoms with van der Waals surface area (Å²) in [5.41, 5.74) is 1.69. The van der Waals surface area contributed by atoms with Crippen LogP contribution in [0.15, 0.2) is 42.0 Å². The van der Waals surface area contributed by atoms with Crippen LogP contribution in [0, 0.1) is 0 Å². The standard InChI is InChI=1S/C15H16N4OS/c1-19-13(10-11-4-9-21-15(11)19)14(20)18-8-7-17-12-2-5-16-6-3-12/h2-6,9-10H,7-8H2,1H3,(H,16,17)(H,18,20). The molecular weight excluding hydrogens is 284 g/mol. The first kappa shape index (κ1) is 13.6. The van der Waals surface area contributed by atoms with Gasteiger partial charge < -0.3 is 15.2 Å². The van der Waals surface area contributed by atoms with E-state index in [-0.39, 0.29) is 5.91 Å². The zero-order valence-corrected chi connectivity index (χ0v) is 12.5. The first-order valence-electron chi connectivity index (χ1n) is 6.71. The molecule has 3 heterocycles. The van der Waals surface area contributed by atoms with Gasteiger partial charge >= 0.3 is 0 Å². The summed E-state index contributed by atoms with van der Waals surface area (Å²) in [6.07, 6.45) is 3.47. The second-order valence-corrected chi connectivity index (χ2v) is 5.58. The first-order chi connectivity index (χ1) is 10.3. The minimum atomic E-state index is -0.0440. The number of hydrogen-bond acceptors (Lipinski definition) is 4. The molecule has 1 amide bonds. The maximum atomic E-state index is 12.2. The largest absolute Gasteiger partial charge is 0.383 e. The second-order valence-electron chi connectivity index (χ2n) is 4.69. The van der Waals surface area contributed by atoms with Crippen molar-refractivity contribution in [1.82, 2.24) is 14.9 Å². The van der Waals surface area contributed by atoms with E-state index in [1.54, 1.807) is 23.7 Å². The predicted molar refractivity (Wildman–Crippen MR) is 85.9 cm³/mol. The van der Waals surface area contributed by atoms with E-state index in [1.807, 2.05) is 41.3 Å². The van der Waals surface area contributed by atoms with Crippen LogP contribution in [0.5, 0.6) is 0 Å². The molecule has 0 aliphatic heterocycles. The number of nitrogens with one attached hydrogen (secondary N) is 2. The molecule has 21 heavy (non-hydrogen) atoms. The zero-order valence-electron chi connectivity index (χ0n) is 11.7. The summed E-state index contributed by atoms with van der Waals surface area (Å²) >= 11 is 1.64. The Labute approximate surface area is 126 Å². The van der Waals surface area contributed by atoms with E-state index in [4.69, 9.17) is 0 Å². The Balaban J connectivity index is 1.54. The van der Waals surface area contributed by atoms with Crippen molar-refractivity contribution in [3.8, 4) is 0 Å². The van der Waals surface area contributed by atoms with Gasteiger partial charge in [-0.3, -0.25) is 9.78 Å². The van der Waals surface area contributed by atoms with Crippen LogP contribution in [0.3, 0.4) is 0 Å². The topological polar surface area (TPSA) is 59.0 Å². The van der Waals surface area contributed by atoms with Gasteiger partial charge in [-0.25, -0.2) is 0 Å². The van der Waals surface area contributed by atoms with Crippen LogP contribution in [0.25, 0.3) is 10.2 Å². The molecule has 0 aliphatic rings. The van der Waals surface area contributed by atoms with Gasteiger partial charge in [0, 0.05) is 43.6 Å². The predicted octanol–water partition coefficient (Wildman–Crippen LogP) is 2.48. The molecule has 0 unspecified atom stereocenters. The van der Waals surface area contributed by atoms with Gasteiger partial charge in [-0.1, -0.05) is 0 Å². The molecular formula is C15H16N4OS. The van der Waals surface area contributed by atoms with Gasteiger partial charge in [0.25, 0.3) is 5.91 Å². The number of thiophene rings is 1. The van der Waals surface area contributed by atoms with Gasteiger partial charge in [-0.2, -0.15) is 0 Å². The molecule has 108 valence electrons. The van der Waals surface area contributed by atoms with Crippen molar-refractivity contribution in [3.05, 3.63) is 47.7 Å². The van der Waals surface area contributed by atoms with E-state index >= 15 is 0 Å². The summed E-state index contributed by atoms with van der Waals surface area (Å²) in [5, 5.41) is 9.30. The lowest BCUT2D eigenvalue weighted by atomic mass is 10.3. The highest BCUT2D eigenvalue weighted by Gasteiger charge is 2.13. The average molecular weight is 300 g/mol. The van der Waals surface area contributed by atoms with Crippen molar-refractivity contribution in [2.75, 3.05) is 18.4 Å². The minimum Gasteiger partial charge on any atom is -0.383 e. The zero-order chi connectivity index (χ0) is 14.7. The third-order valence-corrected chi connectivity index (χ3v) is 4.29. The number of aryl methyl sites for hydroxylation is 1. The molecule has 6 heteroatoms. The molecule has 3 rings (SSSR count). The maximum absolute atomic E-state index is 12.2. The van der Waals surface area contributed by atoms with E-state index in [2.05, 4.69) is 15.6 Å². The lowest BCUT2D eigenvalue weighted by molar-refractivity contribution is 0.0947. The SMILES string of the molecule is Cn1c(C(=O)NCCNc2ccncc2)cc2ccsc21. The number of anilines is 1. The van der Waals surface area contributed by atoms with Crippen LogP contribution in [-0.4, -0.2) is 28.5 Å². The molecule has 0 spiro atoms. The van der Waals surface area contributed by atoms with Crippen LogP contribution in [0.1, 0.15) is 10.5 Å². The third kappa shape index (κ3) is 2.90. The number of hydrogen-bond donors (Lipinski definition) is 2. The van der Waals surface area contributed by atoms with Crippen molar-refractivity contribution >= 4 is 33.1 Å². The molecule has 0 aliphatic carbocycles. The smallest absolute Gasteiger partial charge is 0.268 e. The van der Waals surface area contributed by atoms with Crippen LogP contribution in [0.4, 0.5) is 5.69 Å². The fraction of sp³-hybridized carbons (Fsp3) is 0.200. The molecule has 2 N–H and O–H groups in total. The fourth-order valence-corrected chi connectivity index (χ4v) is 3.07. The Kier molecular flexibility index (Phi) is 3.87. The number of carbonyl (C=O) groups excluding carboxylic acids is 1. The molecule has 0 radical (unpaired) electrons. The van der Waals surface area contributed by atoms with Gasteiger partial charge in [-0.05, 0) is 29.6 Å². The summed E-state index contributed by atoms with van der Waals surface area (Å²) in [4.78, 5) is 17.3. The number of amides is 1. The summed E-state index contributed by atoms with van der Waals surface area (Å²) < 4.78 is 1.94. The molecule has 0 saturated heterocycles. The Morgan fingerprint density at radius 1 is 1.29 bits per heavy atom. The Morgan fingerprint density at radius 2 is 2.10 bits per heavy atom. The normalized spacial score (nSPS) is 10.7. The number of pyridine rings is 1. The lowest BCUT2D eigenvalue weighted by Gasteiger charge is -2.08. The Bertz CT molecular complexity index is 747. The monoisotopic (exact) mass is 300 g/mol. The quantitative estimate of drug-likeness (QED) is 0.712. The van der Waals surface area contributed by atoms with Crippen molar-refractivity contribution < 1.29 is 4.79 Å². The summed E-state index contributed by atoms with van der Waals surface area (Å²) in [6, 6.07) is 7.75. The van der Waals surface area contributed by atoms with Gasteiger partial charge in [0.1, 0.15) is 10.5 Å². The van der Waals surface area contributed by atoms with E-state index in [0.717, 1.165) is 15.9 Å². The minimum absolute atomic E-state index is 0.0440. The molecule has 0 atom stereocenters. The average Bonchev–Trinajstić information content (AvgIpc) is 3.08. The summed E-state index contributed by atoms with van der Waals surface area (Å²) in [6.45, 7) is 1.24. The number of carbonyl (C=O) groups is 1. The van der Waals surface area contributed by atoms with Gasteiger partial charge in [0.15, 0.2) is 0 Å². The van der Waals surface area contributed by atoms with Gasteiger partial charge in [-0.15, -0.1) is 11.3 Å². The van der Waals surface area contributed by atoms with Crippen LogP contribution in [0.2, 0.25) is 0 Å². The van der Waals surface area contributed by atoms with Crippen LogP contribution >= 0.6 is 11.3 Å². The van der Waals surface area contributed by atoms with Crippen LogP contribution in [-0.2, 0) is 7.05 Å². The highest BCUT2D eigenvalue weighted by molar-refractivity contribution is 7.16. The van der Waals surface area contributed by atoms with Gasteiger partial charge in [0.05, 0.1) is 0 Å². The maximum Gasteiger partial charge on any atom is 0.268 e. The molecule has 0 aromatic carbocycles. The van der Waals surface area contributed by atoms with E-state index < -0.39 is 0 Å². The number of nitrogens with zero attached hydrogens (tertiary/aromatic N) is 2. The molecule has 3 aromatic heterocycles. The number of aromatic nitrogens is 2. The van der Waals surface area contributed by atoms with E-state index in [1.165, 1.54) is 0 Å². The van der Waals surface area contributed by atoms with Crippen molar-refractivity contribution in [2.24, 2.45) is 7.05 Å². The lowest BCUT2D eigenvalue weighted by Crippen LogP contribution is -2.30. The summed E-state index contributed by atoms with van der Waals surface area (Å²) in [5.74, 6) is -0.0440. The van der Waals surface area contributed by atoms with Crippen molar-refractivity contribution in [2.45, 2.75) is 0 Å². The van der Waals surface area contributed by atoms with Crippen molar-refractivity contribution in [1.29, 1.82) is 0 Å². The molecule has 0 saturated carbocycles. The Hall–Kier alpha value is -2.34. The van der Waals surface area contributed by atoms with Crippen molar-refractivity contribution in [3.63, 3.8) is 0 Å². The number of rotatable bonds is 5. The highest BCUT2D eigenvalue weighted by atomic mass is 32.1. The van der Waals surface area contributed by atoms with Gasteiger partial charge in [0.2, 0.25) is 0 Å². The first-order valence-corrected chi connectivity index (χ1v) is 7.58. The third-order valence-electron chi connectivity index (χ3n) is 3.29.